The zero-order valence-corrected chi connectivity index (χ0v) is 19.7. The van der Waals surface area contributed by atoms with Crippen LogP contribution in [-0.4, -0.2) is 31.8 Å². The molecule has 34 heavy (non-hydrogen) atoms. The van der Waals surface area contributed by atoms with Gasteiger partial charge in [0.05, 0.1) is 22.1 Å². The van der Waals surface area contributed by atoms with Gasteiger partial charge in [-0.3, -0.25) is 0 Å². The second-order valence-corrected chi connectivity index (χ2v) is 10.1. The van der Waals surface area contributed by atoms with Gasteiger partial charge in [-0.25, -0.2) is 13.2 Å². The van der Waals surface area contributed by atoms with Gasteiger partial charge in [-0.05, 0) is 78.6 Å². The van der Waals surface area contributed by atoms with Crippen LogP contribution in [0.3, 0.4) is 0 Å². The van der Waals surface area contributed by atoms with E-state index in [0.717, 1.165) is 18.4 Å². The molecule has 0 saturated carbocycles. The molecular formula is C26H21ClN2O4S. The van der Waals surface area contributed by atoms with Crippen LogP contribution in [0.2, 0.25) is 5.02 Å². The van der Waals surface area contributed by atoms with Gasteiger partial charge in [-0.2, -0.15) is 9.57 Å². The van der Waals surface area contributed by atoms with E-state index in [1.54, 1.807) is 54.6 Å². The summed E-state index contributed by atoms with van der Waals surface area (Å²) >= 11 is 6.01. The first-order valence-corrected chi connectivity index (χ1v) is 12.5. The van der Waals surface area contributed by atoms with Crippen LogP contribution in [0.5, 0.6) is 5.75 Å². The van der Waals surface area contributed by atoms with E-state index in [1.165, 1.54) is 28.6 Å². The molecule has 0 aliphatic carbocycles. The van der Waals surface area contributed by atoms with Crippen LogP contribution in [-0.2, 0) is 10.0 Å². The number of carbonyl (C=O) groups excluding carboxylic acids is 1. The molecule has 0 bridgehead atoms. The lowest BCUT2D eigenvalue weighted by Crippen LogP contribution is -2.27. The molecule has 1 heterocycles. The lowest BCUT2D eigenvalue weighted by Gasteiger charge is -2.15. The molecule has 1 aliphatic heterocycles. The molecule has 1 aliphatic rings. The van der Waals surface area contributed by atoms with E-state index < -0.39 is 16.0 Å². The maximum absolute atomic E-state index is 12.6. The molecule has 0 radical (unpaired) electrons. The van der Waals surface area contributed by atoms with E-state index >= 15 is 0 Å². The monoisotopic (exact) mass is 492 g/mol. The van der Waals surface area contributed by atoms with Crippen molar-refractivity contribution < 1.29 is 17.9 Å². The Kier molecular flexibility index (Phi) is 7.13. The van der Waals surface area contributed by atoms with Gasteiger partial charge in [0.25, 0.3) is 0 Å². The van der Waals surface area contributed by atoms with Crippen molar-refractivity contribution in [3.8, 4) is 11.8 Å². The summed E-state index contributed by atoms with van der Waals surface area (Å²) in [6, 6.07) is 21.7. The number of carbonyl (C=O) groups is 1. The Morgan fingerprint density at radius 1 is 0.971 bits per heavy atom. The van der Waals surface area contributed by atoms with Gasteiger partial charge in [0.15, 0.2) is 0 Å². The van der Waals surface area contributed by atoms with Gasteiger partial charge in [-0.1, -0.05) is 35.9 Å². The Morgan fingerprint density at radius 3 is 2.26 bits per heavy atom. The van der Waals surface area contributed by atoms with Crippen molar-refractivity contribution in [3.05, 3.63) is 94.5 Å². The molecule has 0 spiro atoms. The highest BCUT2D eigenvalue weighted by Crippen LogP contribution is 2.24. The van der Waals surface area contributed by atoms with Crippen LogP contribution in [0.4, 0.5) is 0 Å². The summed E-state index contributed by atoms with van der Waals surface area (Å²) in [7, 11) is -3.53. The van der Waals surface area contributed by atoms with E-state index in [0.29, 0.717) is 35.0 Å². The summed E-state index contributed by atoms with van der Waals surface area (Å²) < 4.78 is 32.1. The van der Waals surface area contributed by atoms with Crippen molar-refractivity contribution in [2.24, 2.45) is 0 Å². The predicted molar refractivity (Wildman–Crippen MR) is 131 cm³/mol. The minimum absolute atomic E-state index is 0.162. The molecule has 8 heteroatoms. The lowest BCUT2D eigenvalue weighted by molar-refractivity contribution is 0.0734. The maximum Gasteiger partial charge on any atom is 0.343 e. The standard InChI is InChI=1S/C26H21ClN2O4S/c27-23-5-3-4-21(17-23)22(18-28)16-19-6-10-24(11-7-19)33-26(30)20-8-12-25(13-9-20)34(31,32)29-14-1-2-15-29/h3-13,16-17H,1-2,14-15H2/b22-16-. The highest BCUT2D eigenvalue weighted by atomic mass is 35.5. The molecule has 0 aromatic heterocycles. The van der Waals surface area contributed by atoms with Crippen molar-refractivity contribution in [2.45, 2.75) is 17.7 Å². The van der Waals surface area contributed by atoms with Crippen molar-refractivity contribution in [2.75, 3.05) is 13.1 Å². The van der Waals surface area contributed by atoms with Gasteiger partial charge in [-0.15, -0.1) is 0 Å². The number of ether oxygens (including phenoxy) is 1. The Bertz CT molecular complexity index is 1370. The highest BCUT2D eigenvalue weighted by molar-refractivity contribution is 7.89. The summed E-state index contributed by atoms with van der Waals surface area (Å²) in [5, 5.41) is 10.0. The number of rotatable bonds is 6. The van der Waals surface area contributed by atoms with Crippen LogP contribution in [0.15, 0.2) is 77.7 Å². The average Bonchev–Trinajstić information content (AvgIpc) is 3.40. The average molecular weight is 493 g/mol. The van der Waals surface area contributed by atoms with E-state index in [9.17, 15) is 18.5 Å². The molecule has 1 fully saturated rings. The van der Waals surface area contributed by atoms with Gasteiger partial charge in [0.1, 0.15) is 5.75 Å². The lowest BCUT2D eigenvalue weighted by atomic mass is 10.0. The molecular weight excluding hydrogens is 472 g/mol. The molecule has 172 valence electrons. The van der Waals surface area contributed by atoms with Gasteiger partial charge < -0.3 is 4.74 Å². The third kappa shape index (κ3) is 5.37. The third-order valence-corrected chi connectivity index (χ3v) is 7.60. The summed E-state index contributed by atoms with van der Waals surface area (Å²) in [5.41, 5.74) is 2.17. The smallest absolute Gasteiger partial charge is 0.343 e. The van der Waals surface area contributed by atoms with Crippen molar-refractivity contribution >= 4 is 39.2 Å². The number of esters is 1. The molecule has 6 nitrogen and oxygen atoms in total. The Hall–Kier alpha value is -3.44. The number of nitriles is 1. The largest absolute Gasteiger partial charge is 0.423 e. The highest BCUT2D eigenvalue weighted by Gasteiger charge is 2.27. The minimum atomic E-state index is -3.53. The SMILES string of the molecule is N#C/C(=C/c1ccc(OC(=O)c2ccc(S(=O)(=O)N3CCCC3)cc2)cc1)c1cccc(Cl)c1. The summed E-state index contributed by atoms with van der Waals surface area (Å²) in [4.78, 5) is 12.7. The molecule has 4 rings (SSSR count). The van der Waals surface area contributed by atoms with E-state index in [4.69, 9.17) is 16.3 Å². The fraction of sp³-hybridized carbons (Fsp3) is 0.154. The molecule has 0 unspecified atom stereocenters. The zero-order valence-electron chi connectivity index (χ0n) is 18.1. The van der Waals surface area contributed by atoms with Crippen LogP contribution >= 0.6 is 11.6 Å². The molecule has 0 atom stereocenters. The number of halogens is 1. The molecule has 3 aromatic rings. The number of benzene rings is 3. The summed E-state index contributed by atoms with van der Waals surface area (Å²) in [6.45, 7) is 1.04. The second kappa shape index (κ2) is 10.2. The van der Waals surface area contributed by atoms with Crippen LogP contribution in [0, 0.1) is 11.3 Å². The zero-order chi connectivity index (χ0) is 24.1. The third-order valence-electron chi connectivity index (χ3n) is 5.45. The van der Waals surface area contributed by atoms with E-state index in [-0.39, 0.29) is 10.5 Å². The number of allylic oxidation sites excluding steroid dienone is 1. The van der Waals surface area contributed by atoms with Gasteiger partial charge >= 0.3 is 5.97 Å². The Labute approximate surface area is 203 Å². The Morgan fingerprint density at radius 2 is 1.65 bits per heavy atom. The van der Waals surface area contributed by atoms with Crippen LogP contribution < -0.4 is 4.74 Å². The topological polar surface area (TPSA) is 87.5 Å². The molecule has 0 amide bonds. The summed E-state index contributed by atoms with van der Waals surface area (Å²) in [5.74, 6) is -0.262. The number of hydrogen-bond acceptors (Lipinski definition) is 5. The fourth-order valence-corrected chi connectivity index (χ4v) is 5.35. The van der Waals surface area contributed by atoms with Crippen LogP contribution in [0.1, 0.15) is 34.3 Å². The number of hydrogen-bond donors (Lipinski definition) is 0. The fourth-order valence-electron chi connectivity index (χ4n) is 3.64. The summed E-state index contributed by atoms with van der Waals surface area (Å²) in [6.07, 6.45) is 3.43. The van der Waals surface area contributed by atoms with Crippen molar-refractivity contribution in [1.82, 2.24) is 4.31 Å². The van der Waals surface area contributed by atoms with E-state index in [2.05, 4.69) is 6.07 Å². The number of sulfonamides is 1. The van der Waals surface area contributed by atoms with Gasteiger partial charge in [0, 0.05) is 18.1 Å². The number of nitrogens with zero attached hydrogens (tertiary/aromatic N) is 2. The maximum atomic E-state index is 12.6. The van der Waals surface area contributed by atoms with E-state index in [1.807, 2.05) is 0 Å². The first kappa shape index (κ1) is 23.7. The second-order valence-electron chi connectivity index (χ2n) is 7.77. The molecule has 3 aromatic carbocycles. The van der Waals surface area contributed by atoms with Gasteiger partial charge in [0.2, 0.25) is 10.0 Å². The normalized spacial score (nSPS) is 14.5. The Balaban J connectivity index is 1.44. The first-order chi connectivity index (χ1) is 16.4. The van der Waals surface area contributed by atoms with Crippen molar-refractivity contribution in [1.29, 1.82) is 5.26 Å². The quantitative estimate of drug-likeness (QED) is 0.199. The van der Waals surface area contributed by atoms with Crippen LogP contribution in [0.25, 0.3) is 11.6 Å². The molecule has 0 N–H and O–H groups in total. The first-order valence-electron chi connectivity index (χ1n) is 10.7. The minimum Gasteiger partial charge on any atom is -0.423 e. The predicted octanol–water partition coefficient (Wildman–Crippen LogP) is 5.41. The van der Waals surface area contributed by atoms with Crippen molar-refractivity contribution in [3.63, 3.8) is 0 Å². The molecule has 1 saturated heterocycles.